The van der Waals surface area contributed by atoms with Crippen molar-refractivity contribution in [3.8, 4) is 0 Å². The number of rotatable bonds is 8. The van der Waals surface area contributed by atoms with Crippen molar-refractivity contribution in [1.29, 1.82) is 0 Å². The van der Waals surface area contributed by atoms with Crippen LogP contribution in [0.2, 0.25) is 0 Å². The molecule has 2 aliphatic heterocycles. The molecule has 3 N–H and O–H groups in total. The van der Waals surface area contributed by atoms with Crippen molar-refractivity contribution < 1.29 is 9.59 Å². The van der Waals surface area contributed by atoms with Gasteiger partial charge in [0.25, 0.3) is 11.8 Å². The maximum atomic E-state index is 13.4. The number of nitrogens with zero attached hydrogens (tertiary/aromatic N) is 1. The summed E-state index contributed by atoms with van der Waals surface area (Å²) in [6.07, 6.45) is 3.87. The average molecular weight is 543 g/mol. The van der Waals surface area contributed by atoms with Crippen molar-refractivity contribution in [2.24, 2.45) is 0 Å². The lowest BCUT2D eigenvalue weighted by Gasteiger charge is -2.26. The number of hydrogen-bond acceptors (Lipinski definition) is 4. The fourth-order valence-corrected chi connectivity index (χ4v) is 5.53. The van der Waals surface area contributed by atoms with Crippen molar-refractivity contribution in [2.75, 3.05) is 23.7 Å². The third-order valence-electron chi connectivity index (χ3n) is 7.71. The van der Waals surface area contributed by atoms with Crippen LogP contribution in [0.1, 0.15) is 51.9 Å². The molecule has 2 aliphatic rings. The molecule has 0 atom stereocenters. The summed E-state index contributed by atoms with van der Waals surface area (Å²) >= 11 is 0. The first-order chi connectivity index (χ1) is 20.1. The molecular weight excluding hydrogens is 508 g/mol. The van der Waals surface area contributed by atoms with Crippen LogP contribution in [0.4, 0.5) is 11.4 Å². The van der Waals surface area contributed by atoms with Gasteiger partial charge in [-0.15, -0.1) is 0 Å². The van der Waals surface area contributed by atoms with Crippen LogP contribution < -0.4 is 16.0 Å². The van der Waals surface area contributed by atoms with E-state index in [4.69, 9.17) is 0 Å². The normalized spacial score (nSPS) is 16.0. The molecule has 6 rings (SSSR count). The number of hydrogen-bond donors (Lipinski definition) is 3. The molecule has 41 heavy (non-hydrogen) atoms. The Morgan fingerprint density at radius 3 is 2.20 bits per heavy atom. The highest BCUT2D eigenvalue weighted by Gasteiger charge is 2.29. The van der Waals surface area contributed by atoms with Crippen molar-refractivity contribution in [3.05, 3.63) is 131 Å². The second-order valence-electron chi connectivity index (χ2n) is 10.7. The van der Waals surface area contributed by atoms with Gasteiger partial charge in [0.05, 0.1) is 11.3 Å². The van der Waals surface area contributed by atoms with Crippen molar-refractivity contribution in [3.63, 3.8) is 0 Å². The van der Waals surface area contributed by atoms with E-state index >= 15 is 0 Å². The zero-order chi connectivity index (χ0) is 28.0. The van der Waals surface area contributed by atoms with Crippen LogP contribution in [0, 0.1) is 0 Å². The largest absolute Gasteiger partial charge is 0.354 e. The first-order valence-electron chi connectivity index (χ1n) is 14.3. The molecule has 0 unspecified atom stereocenters. The van der Waals surface area contributed by atoms with E-state index in [1.165, 1.54) is 24.8 Å². The summed E-state index contributed by atoms with van der Waals surface area (Å²) in [7, 11) is 0. The Morgan fingerprint density at radius 1 is 0.756 bits per heavy atom. The van der Waals surface area contributed by atoms with Crippen LogP contribution in [0.25, 0.3) is 11.3 Å². The smallest absolute Gasteiger partial charge is 0.258 e. The van der Waals surface area contributed by atoms with E-state index in [9.17, 15) is 9.59 Å². The topological polar surface area (TPSA) is 73.5 Å². The molecule has 0 aliphatic carbocycles. The number of fused-ring (bicyclic) bond motifs is 1. The van der Waals surface area contributed by atoms with Gasteiger partial charge in [-0.25, -0.2) is 0 Å². The Labute approximate surface area is 241 Å². The Morgan fingerprint density at radius 2 is 1.46 bits per heavy atom. The molecule has 0 aromatic heterocycles. The molecule has 0 radical (unpaired) electrons. The predicted molar refractivity (Wildman–Crippen MR) is 165 cm³/mol. The SMILES string of the molecule is O=C1Nc2ccc(C(=O)NCc3ccccc3)cc2C1=C(Nc1ccc(CN2CCCCC2)cc1)c1ccccc1. The quantitative estimate of drug-likeness (QED) is 0.221. The molecule has 0 bridgehead atoms. The van der Waals surface area contributed by atoms with Crippen LogP contribution in [0.3, 0.4) is 0 Å². The van der Waals surface area contributed by atoms with Crippen LogP contribution in [-0.4, -0.2) is 29.8 Å². The molecule has 0 saturated carbocycles. The number of nitrogens with one attached hydrogen (secondary N) is 3. The highest BCUT2D eigenvalue weighted by atomic mass is 16.2. The molecule has 4 aromatic rings. The summed E-state index contributed by atoms with van der Waals surface area (Å²) in [5.41, 5.74) is 7.21. The Bertz CT molecular complexity index is 1560. The average Bonchev–Trinajstić information content (AvgIpc) is 3.35. The summed E-state index contributed by atoms with van der Waals surface area (Å²) in [5, 5.41) is 9.52. The van der Waals surface area contributed by atoms with Crippen LogP contribution >= 0.6 is 0 Å². The summed E-state index contributed by atoms with van der Waals surface area (Å²) in [6, 6.07) is 33.5. The second kappa shape index (κ2) is 12.2. The van der Waals surface area contributed by atoms with Gasteiger partial charge in [0.1, 0.15) is 0 Å². The lowest BCUT2D eigenvalue weighted by atomic mass is 9.98. The Balaban J connectivity index is 1.29. The van der Waals surface area contributed by atoms with Crippen molar-refractivity contribution in [1.82, 2.24) is 10.2 Å². The van der Waals surface area contributed by atoms with Crippen molar-refractivity contribution >= 4 is 34.5 Å². The zero-order valence-corrected chi connectivity index (χ0v) is 23.0. The van der Waals surface area contributed by atoms with Gasteiger partial charge in [0, 0.05) is 35.6 Å². The third kappa shape index (κ3) is 6.23. The molecule has 0 spiro atoms. The summed E-state index contributed by atoms with van der Waals surface area (Å²) in [5.74, 6) is -0.385. The molecule has 1 fully saturated rings. The molecular formula is C35H34N4O2. The number of piperidine rings is 1. The van der Waals surface area contributed by atoms with Gasteiger partial charge >= 0.3 is 0 Å². The van der Waals surface area contributed by atoms with Gasteiger partial charge in [0.15, 0.2) is 0 Å². The molecule has 4 aromatic carbocycles. The van der Waals surface area contributed by atoms with Gasteiger partial charge < -0.3 is 16.0 Å². The summed E-state index contributed by atoms with van der Waals surface area (Å²) in [6.45, 7) is 3.70. The zero-order valence-electron chi connectivity index (χ0n) is 23.0. The fourth-order valence-electron chi connectivity index (χ4n) is 5.53. The summed E-state index contributed by atoms with van der Waals surface area (Å²) in [4.78, 5) is 29.0. The first kappa shape index (κ1) is 26.5. The van der Waals surface area contributed by atoms with Gasteiger partial charge in [0.2, 0.25) is 0 Å². The van der Waals surface area contributed by atoms with E-state index < -0.39 is 0 Å². The molecule has 6 nitrogen and oxygen atoms in total. The number of anilines is 2. The van der Waals surface area contributed by atoms with E-state index in [1.54, 1.807) is 18.2 Å². The number of carbonyl (C=O) groups is 2. The van der Waals surface area contributed by atoms with Crippen LogP contribution in [0.15, 0.2) is 103 Å². The maximum absolute atomic E-state index is 13.4. The van der Waals surface area contributed by atoms with E-state index in [0.29, 0.717) is 34.6 Å². The number of carbonyl (C=O) groups excluding carboxylic acids is 2. The Kier molecular flexibility index (Phi) is 7.92. The number of amides is 2. The molecule has 2 heterocycles. The maximum Gasteiger partial charge on any atom is 0.258 e. The van der Waals surface area contributed by atoms with Gasteiger partial charge in [-0.3, -0.25) is 14.5 Å². The molecule has 6 heteroatoms. The highest BCUT2D eigenvalue weighted by Crippen LogP contribution is 2.38. The lowest BCUT2D eigenvalue weighted by molar-refractivity contribution is -0.110. The Hall–Kier alpha value is -4.68. The van der Waals surface area contributed by atoms with Gasteiger partial charge in [-0.05, 0) is 73.0 Å². The highest BCUT2D eigenvalue weighted by molar-refractivity contribution is 6.37. The third-order valence-corrected chi connectivity index (χ3v) is 7.71. The molecule has 2 amide bonds. The standard InChI is InChI=1S/C35H34N4O2/c40-34(36-23-25-10-4-1-5-11-25)28-16-19-31-30(22-28)32(35(41)38-31)33(27-12-6-2-7-13-27)37-29-17-14-26(15-18-29)24-39-20-8-3-9-21-39/h1-2,4-7,10-19,22,37H,3,8-9,20-21,23-24H2,(H,36,40)(H,38,41). The lowest BCUT2D eigenvalue weighted by Crippen LogP contribution is -2.29. The first-order valence-corrected chi connectivity index (χ1v) is 14.3. The van der Waals surface area contributed by atoms with Gasteiger partial charge in [-0.1, -0.05) is 79.2 Å². The predicted octanol–water partition coefficient (Wildman–Crippen LogP) is 6.54. The minimum Gasteiger partial charge on any atom is -0.354 e. The van der Waals surface area contributed by atoms with E-state index in [2.05, 4.69) is 45.1 Å². The fraction of sp³-hybridized carbons (Fsp3) is 0.200. The molecule has 1 saturated heterocycles. The van der Waals surface area contributed by atoms with Gasteiger partial charge in [-0.2, -0.15) is 0 Å². The molecule has 206 valence electrons. The second-order valence-corrected chi connectivity index (χ2v) is 10.7. The minimum atomic E-state index is -0.199. The minimum absolute atomic E-state index is 0.186. The van der Waals surface area contributed by atoms with E-state index in [0.717, 1.165) is 36.4 Å². The van der Waals surface area contributed by atoms with E-state index in [-0.39, 0.29) is 11.8 Å². The number of likely N-dealkylation sites (tertiary alicyclic amines) is 1. The monoisotopic (exact) mass is 542 g/mol. The van der Waals surface area contributed by atoms with Crippen molar-refractivity contribution in [2.45, 2.75) is 32.4 Å². The summed E-state index contributed by atoms with van der Waals surface area (Å²) < 4.78 is 0. The van der Waals surface area contributed by atoms with Crippen LogP contribution in [-0.2, 0) is 17.9 Å². The van der Waals surface area contributed by atoms with Crippen LogP contribution in [0.5, 0.6) is 0 Å². The number of benzene rings is 4. The van der Waals surface area contributed by atoms with E-state index in [1.807, 2.05) is 60.7 Å².